The highest BCUT2D eigenvalue weighted by Gasteiger charge is 2.15. The molecule has 0 aliphatic carbocycles. The number of rotatable bonds is 5. The molecular formula is C14H21Cl2N5O. The summed E-state index contributed by atoms with van der Waals surface area (Å²) in [6, 6.07) is 6.24. The summed E-state index contributed by atoms with van der Waals surface area (Å²) in [5, 5.41) is 14.5. The van der Waals surface area contributed by atoms with Gasteiger partial charge in [-0.1, -0.05) is 6.07 Å². The van der Waals surface area contributed by atoms with Gasteiger partial charge in [-0.15, -0.1) is 35.0 Å². The molecule has 1 aliphatic heterocycles. The van der Waals surface area contributed by atoms with Crippen molar-refractivity contribution < 1.29 is 4.79 Å². The second-order valence-electron chi connectivity index (χ2n) is 5.15. The Balaban J connectivity index is 0.00000121. The van der Waals surface area contributed by atoms with E-state index >= 15 is 0 Å². The highest BCUT2D eigenvalue weighted by molar-refractivity contribution is 5.85. The van der Waals surface area contributed by atoms with E-state index in [1.54, 1.807) is 0 Å². The largest absolute Gasteiger partial charge is 0.349 e. The Kier molecular flexibility index (Phi) is 7.58. The van der Waals surface area contributed by atoms with Crippen LogP contribution >= 0.6 is 24.8 Å². The third kappa shape index (κ3) is 4.56. The molecule has 22 heavy (non-hydrogen) atoms. The van der Waals surface area contributed by atoms with Crippen LogP contribution in [0.2, 0.25) is 0 Å². The Morgan fingerprint density at radius 3 is 3.00 bits per heavy atom. The van der Waals surface area contributed by atoms with Gasteiger partial charge in [-0.3, -0.25) is 9.20 Å². The normalized spacial score (nSPS) is 16.8. The molecule has 2 aromatic rings. The molecule has 0 radical (unpaired) electrons. The summed E-state index contributed by atoms with van der Waals surface area (Å²) < 4.78 is 1.89. The minimum Gasteiger partial charge on any atom is -0.349 e. The summed E-state index contributed by atoms with van der Waals surface area (Å²) >= 11 is 0. The van der Waals surface area contributed by atoms with Crippen molar-refractivity contribution >= 4 is 36.4 Å². The van der Waals surface area contributed by atoms with E-state index in [1.165, 1.54) is 12.8 Å². The molecule has 2 aromatic heterocycles. The van der Waals surface area contributed by atoms with Crippen LogP contribution in [0, 0.1) is 0 Å². The molecular weight excluding hydrogens is 325 g/mol. The van der Waals surface area contributed by atoms with Crippen molar-refractivity contribution in [2.75, 3.05) is 6.54 Å². The first-order valence-corrected chi connectivity index (χ1v) is 7.11. The minimum atomic E-state index is 0. The van der Waals surface area contributed by atoms with Gasteiger partial charge in [-0.05, 0) is 37.9 Å². The quantitative estimate of drug-likeness (QED) is 0.865. The lowest BCUT2D eigenvalue weighted by molar-refractivity contribution is -0.121. The lowest BCUT2D eigenvalue weighted by Crippen LogP contribution is -2.27. The number of pyridine rings is 1. The van der Waals surface area contributed by atoms with Crippen LogP contribution in [0.4, 0.5) is 0 Å². The number of nitrogens with zero attached hydrogens (tertiary/aromatic N) is 3. The van der Waals surface area contributed by atoms with E-state index in [4.69, 9.17) is 0 Å². The molecule has 3 rings (SSSR count). The number of halogens is 2. The van der Waals surface area contributed by atoms with Crippen molar-refractivity contribution in [2.24, 2.45) is 0 Å². The number of carbonyl (C=O) groups excluding carboxylic acids is 1. The second-order valence-corrected chi connectivity index (χ2v) is 5.15. The molecule has 8 heteroatoms. The molecule has 2 N–H and O–H groups in total. The molecule has 1 atom stereocenters. The first-order valence-electron chi connectivity index (χ1n) is 7.11. The number of fused-ring (bicyclic) bond motifs is 1. The Morgan fingerprint density at radius 1 is 1.36 bits per heavy atom. The zero-order valence-electron chi connectivity index (χ0n) is 12.2. The fraction of sp³-hybridized carbons (Fsp3) is 0.500. The van der Waals surface area contributed by atoms with E-state index < -0.39 is 0 Å². The number of nitrogens with one attached hydrogen (secondary N) is 2. The third-order valence-corrected chi connectivity index (χ3v) is 3.71. The summed E-state index contributed by atoms with van der Waals surface area (Å²) in [7, 11) is 0. The van der Waals surface area contributed by atoms with E-state index in [9.17, 15) is 4.79 Å². The highest BCUT2D eigenvalue weighted by atomic mass is 35.5. The third-order valence-electron chi connectivity index (χ3n) is 3.71. The van der Waals surface area contributed by atoms with Gasteiger partial charge in [-0.25, -0.2) is 0 Å². The van der Waals surface area contributed by atoms with Crippen molar-refractivity contribution in [3.8, 4) is 0 Å². The highest BCUT2D eigenvalue weighted by Crippen LogP contribution is 2.10. The maximum absolute atomic E-state index is 11.8. The Bertz CT molecular complexity index is 598. The number of aromatic nitrogens is 3. The molecule has 0 aromatic carbocycles. The van der Waals surface area contributed by atoms with Crippen LogP contribution in [0.15, 0.2) is 24.4 Å². The monoisotopic (exact) mass is 345 g/mol. The van der Waals surface area contributed by atoms with Crippen LogP contribution in [0.5, 0.6) is 0 Å². The van der Waals surface area contributed by atoms with Gasteiger partial charge in [0.1, 0.15) is 0 Å². The average molecular weight is 346 g/mol. The Hall–Kier alpha value is -1.37. The predicted octanol–water partition coefficient (Wildman–Crippen LogP) is 1.72. The van der Waals surface area contributed by atoms with E-state index in [2.05, 4.69) is 20.8 Å². The van der Waals surface area contributed by atoms with Crippen molar-refractivity contribution in [2.45, 2.75) is 38.3 Å². The number of carbonyl (C=O) groups is 1. The maximum Gasteiger partial charge on any atom is 0.220 e. The van der Waals surface area contributed by atoms with Gasteiger partial charge in [0.2, 0.25) is 5.91 Å². The first-order chi connectivity index (χ1) is 9.83. The summed E-state index contributed by atoms with van der Waals surface area (Å²) in [5.41, 5.74) is 0.798. The summed E-state index contributed by atoms with van der Waals surface area (Å²) in [6.45, 7) is 1.50. The minimum absolute atomic E-state index is 0. The van der Waals surface area contributed by atoms with Crippen molar-refractivity contribution in [3.63, 3.8) is 0 Å². The first kappa shape index (κ1) is 18.7. The van der Waals surface area contributed by atoms with E-state index in [-0.39, 0.29) is 30.7 Å². The van der Waals surface area contributed by atoms with Gasteiger partial charge >= 0.3 is 0 Å². The van der Waals surface area contributed by atoms with Gasteiger partial charge in [-0.2, -0.15) is 0 Å². The zero-order valence-corrected chi connectivity index (χ0v) is 13.8. The van der Waals surface area contributed by atoms with Gasteiger partial charge in [0, 0.05) is 18.7 Å². The van der Waals surface area contributed by atoms with Gasteiger partial charge < -0.3 is 10.6 Å². The molecule has 1 saturated heterocycles. The predicted molar refractivity (Wildman–Crippen MR) is 89.6 cm³/mol. The lowest BCUT2D eigenvalue weighted by atomic mass is 10.1. The standard InChI is InChI=1S/C14H19N5O.2ClH/c20-14(7-6-11-4-3-8-15-11)16-10-13-18-17-12-5-1-2-9-19(12)13;;/h1-2,5,9,11,15H,3-4,6-8,10H2,(H,16,20);2*1H. The lowest BCUT2D eigenvalue weighted by Gasteiger charge is -2.09. The fourth-order valence-corrected chi connectivity index (χ4v) is 2.59. The molecule has 1 unspecified atom stereocenters. The maximum atomic E-state index is 11.8. The molecule has 1 fully saturated rings. The number of hydrogen-bond acceptors (Lipinski definition) is 4. The molecule has 122 valence electrons. The van der Waals surface area contributed by atoms with Gasteiger partial charge in [0.25, 0.3) is 0 Å². The van der Waals surface area contributed by atoms with Gasteiger partial charge in [0.15, 0.2) is 11.5 Å². The molecule has 0 spiro atoms. The van der Waals surface area contributed by atoms with Crippen LogP contribution in [-0.2, 0) is 11.3 Å². The van der Waals surface area contributed by atoms with E-state index in [0.29, 0.717) is 19.0 Å². The zero-order chi connectivity index (χ0) is 13.8. The molecule has 3 heterocycles. The van der Waals surface area contributed by atoms with Crippen LogP contribution in [0.1, 0.15) is 31.5 Å². The topological polar surface area (TPSA) is 71.3 Å². The molecule has 0 saturated carbocycles. The van der Waals surface area contributed by atoms with Crippen molar-refractivity contribution in [3.05, 3.63) is 30.2 Å². The van der Waals surface area contributed by atoms with Crippen molar-refractivity contribution in [1.29, 1.82) is 0 Å². The molecule has 1 aliphatic rings. The molecule has 0 bridgehead atoms. The van der Waals surface area contributed by atoms with Crippen LogP contribution in [-0.4, -0.2) is 33.1 Å². The summed E-state index contributed by atoms with van der Waals surface area (Å²) in [6.07, 6.45) is 5.78. The van der Waals surface area contributed by atoms with Crippen molar-refractivity contribution in [1.82, 2.24) is 25.2 Å². The SMILES string of the molecule is Cl.Cl.O=C(CCC1CCCN1)NCc1nnc2ccccn12. The molecule has 1 amide bonds. The van der Waals surface area contributed by atoms with Crippen LogP contribution < -0.4 is 10.6 Å². The van der Waals surface area contributed by atoms with E-state index in [0.717, 1.165) is 24.4 Å². The van der Waals surface area contributed by atoms with E-state index in [1.807, 2.05) is 28.8 Å². The van der Waals surface area contributed by atoms with Gasteiger partial charge in [0.05, 0.1) is 6.54 Å². The molecule has 6 nitrogen and oxygen atoms in total. The Labute approximate surface area is 141 Å². The Morgan fingerprint density at radius 2 is 2.23 bits per heavy atom. The average Bonchev–Trinajstić information content (AvgIpc) is 3.12. The summed E-state index contributed by atoms with van der Waals surface area (Å²) in [5.74, 6) is 0.833. The van der Waals surface area contributed by atoms with Crippen LogP contribution in [0.3, 0.4) is 0 Å². The second kappa shape index (κ2) is 8.92. The fourth-order valence-electron chi connectivity index (χ4n) is 2.59. The number of amides is 1. The summed E-state index contributed by atoms with van der Waals surface area (Å²) in [4.78, 5) is 11.8. The smallest absolute Gasteiger partial charge is 0.220 e. The van der Waals surface area contributed by atoms with Crippen LogP contribution in [0.25, 0.3) is 5.65 Å². The number of hydrogen-bond donors (Lipinski definition) is 2.